The lowest BCUT2D eigenvalue weighted by molar-refractivity contribution is -0.384. The summed E-state index contributed by atoms with van der Waals surface area (Å²) in [4.78, 5) is 46.8. The molecule has 29 heavy (non-hydrogen) atoms. The zero-order valence-corrected chi connectivity index (χ0v) is 16.6. The topological polar surface area (TPSA) is 137 Å². The summed E-state index contributed by atoms with van der Waals surface area (Å²) < 4.78 is 9.62. The third-order valence-electron chi connectivity index (χ3n) is 4.69. The van der Waals surface area contributed by atoms with Crippen LogP contribution in [0.2, 0.25) is 0 Å². The smallest absolute Gasteiger partial charge is 0.338 e. The molecule has 1 amide bonds. The van der Waals surface area contributed by atoms with Gasteiger partial charge in [-0.1, -0.05) is 20.3 Å². The van der Waals surface area contributed by atoms with E-state index >= 15 is 0 Å². The molecule has 10 nitrogen and oxygen atoms in total. The van der Waals surface area contributed by atoms with Gasteiger partial charge in [-0.15, -0.1) is 0 Å². The van der Waals surface area contributed by atoms with Crippen LogP contribution in [-0.2, 0) is 19.1 Å². The Balaban J connectivity index is 1.98. The van der Waals surface area contributed by atoms with Crippen molar-refractivity contribution in [2.45, 2.75) is 45.2 Å². The summed E-state index contributed by atoms with van der Waals surface area (Å²) in [5.74, 6) is -2.31. The summed E-state index contributed by atoms with van der Waals surface area (Å²) in [6.07, 6.45) is 2.52. The number of ether oxygens (including phenoxy) is 2. The molecule has 0 unspecified atom stereocenters. The Bertz CT molecular complexity index is 792. The molecule has 0 heterocycles. The minimum Gasteiger partial charge on any atom is -0.467 e. The number of nitro benzene ring substituents is 1. The van der Waals surface area contributed by atoms with E-state index in [9.17, 15) is 24.5 Å². The maximum Gasteiger partial charge on any atom is 0.338 e. The van der Waals surface area contributed by atoms with Gasteiger partial charge in [0.2, 0.25) is 0 Å². The molecule has 1 saturated carbocycles. The molecule has 2 atom stereocenters. The lowest BCUT2D eigenvalue weighted by atomic mass is 9.99. The van der Waals surface area contributed by atoms with Crippen LogP contribution in [0.1, 0.15) is 43.5 Å². The second-order valence-electron chi connectivity index (χ2n) is 6.94. The third kappa shape index (κ3) is 6.16. The van der Waals surface area contributed by atoms with E-state index in [1.165, 1.54) is 19.2 Å². The number of benzene rings is 1. The molecule has 1 aromatic rings. The Morgan fingerprint density at radius 1 is 1.31 bits per heavy atom. The van der Waals surface area contributed by atoms with Crippen molar-refractivity contribution in [1.82, 2.24) is 5.32 Å². The maximum absolute atomic E-state index is 12.2. The van der Waals surface area contributed by atoms with Crippen LogP contribution < -0.4 is 10.6 Å². The number of anilines is 1. The zero-order valence-electron chi connectivity index (χ0n) is 16.6. The predicted octanol–water partition coefficient (Wildman–Crippen LogP) is 2.03. The van der Waals surface area contributed by atoms with Gasteiger partial charge in [0.15, 0.2) is 6.61 Å². The fraction of sp³-hybridized carbons (Fsp3) is 0.526. The van der Waals surface area contributed by atoms with Crippen LogP contribution >= 0.6 is 0 Å². The van der Waals surface area contributed by atoms with Crippen molar-refractivity contribution in [3.05, 3.63) is 33.9 Å². The van der Waals surface area contributed by atoms with Gasteiger partial charge in [0.1, 0.15) is 11.7 Å². The molecule has 1 aliphatic carbocycles. The fourth-order valence-corrected chi connectivity index (χ4v) is 2.61. The first-order chi connectivity index (χ1) is 13.8. The van der Waals surface area contributed by atoms with E-state index in [2.05, 4.69) is 15.4 Å². The second-order valence-corrected chi connectivity index (χ2v) is 6.94. The molecule has 0 radical (unpaired) electrons. The van der Waals surface area contributed by atoms with E-state index < -0.39 is 35.4 Å². The third-order valence-corrected chi connectivity index (χ3v) is 4.69. The van der Waals surface area contributed by atoms with Gasteiger partial charge in [-0.2, -0.15) is 0 Å². The number of rotatable bonds is 10. The van der Waals surface area contributed by atoms with Crippen molar-refractivity contribution < 1.29 is 28.8 Å². The number of nitrogens with one attached hydrogen (secondary N) is 2. The van der Waals surface area contributed by atoms with E-state index in [-0.39, 0.29) is 23.2 Å². The van der Waals surface area contributed by atoms with E-state index in [1.54, 1.807) is 6.92 Å². The number of carbonyl (C=O) groups excluding carboxylic acids is 3. The highest BCUT2D eigenvalue weighted by atomic mass is 16.6. The Kier molecular flexibility index (Phi) is 7.52. The largest absolute Gasteiger partial charge is 0.467 e. The van der Waals surface area contributed by atoms with Gasteiger partial charge >= 0.3 is 11.9 Å². The van der Waals surface area contributed by atoms with Crippen LogP contribution in [0.25, 0.3) is 0 Å². The molecule has 158 valence electrons. The lowest BCUT2D eigenvalue weighted by Gasteiger charge is -2.21. The van der Waals surface area contributed by atoms with Gasteiger partial charge in [-0.25, -0.2) is 9.59 Å². The summed E-state index contributed by atoms with van der Waals surface area (Å²) in [7, 11) is 1.22. The number of nitro groups is 1. The molecule has 0 aromatic heterocycles. The Morgan fingerprint density at radius 2 is 2.00 bits per heavy atom. The minimum atomic E-state index is -0.876. The highest BCUT2D eigenvalue weighted by molar-refractivity contribution is 5.93. The average molecular weight is 407 g/mol. The van der Waals surface area contributed by atoms with E-state index in [1.807, 2.05) is 6.92 Å². The van der Waals surface area contributed by atoms with Crippen molar-refractivity contribution >= 4 is 29.2 Å². The highest BCUT2D eigenvalue weighted by Gasteiger charge is 2.28. The van der Waals surface area contributed by atoms with Crippen LogP contribution in [0, 0.1) is 16.0 Å². The average Bonchev–Trinajstić information content (AvgIpc) is 3.53. The van der Waals surface area contributed by atoms with Gasteiger partial charge in [-0.3, -0.25) is 14.9 Å². The lowest BCUT2D eigenvalue weighted by Crippen LogP contribution is -2.47. The number of nitrogens with zero attached hydrogens (tertiary/aromatic N) is 1. The van der Waals surface area contributed by atoms with Crippen LogP contribution in [0.3, 0.4) is 0 Å². The Labute approximate surface area is 168 Å². The summed E-state index contributed by atoms with van der Waals surface area (Å²) in [6.45, 7) is 3.02. The monoisotopic (exact) mass is 407 g/mol. The van der Waals surface area contributed by atoms with Gasteiger partial charge in [-0.05, 0) is 30.9 Å². The molecular formula is C19H25N3O7. The minimum absolute atomic E-state index is 0.0442. The van der Waals surface area contributed by atoms with Gasteiger partial charge in [0.05, 0.1) is 17.6 Å². The van der Waals surface area contributed by atoms with E-state index in [0.29, 0.717) is 12.1 Å². The Morgan fingerprint density at radius 3 is 2.55 bits per heavy atom. The normalized spacial score (nSPS) is 15.0. The number of hydrogen-bond donors (Lipinski definition) is 2. The molecule has 1 aliphatic rings. The zero-order chi connectivity index (χ0) is 21.6. The van der Waals surface area contributed by atoms with Crippen LogP contribution in [0.15, 0.2) is 18.2 Å². The first kappa shape index (κ1) is 22.1. The van der Waals surface area contributed by atoms with Crippen molar-refractivity contribution in [2.75, 3.05) is 19.0 Å². The van der Waals surface area contributed by atoms with Crippen molar-refractivity contribution in [3.63, 3.8) is 0 Å². The van der Waals surface area contributed by atoms with Crippen molar-refractivity contribution in [1.29, 1.82) is 0 Å². The molecule has 2 rings (SSSR count). The quantitative estimate of drug-likeness (QED) is 0.341. The molecule has 1 aromatic carbocycles. The summed E-state index contributed by atoms with van der Waals surface area (Å²) >= 11 is 0. The van der Waals surface area contributed by atoms with Gasteiger partial charge in [0, 0.05) is 12.1 Å². The SMILES string of the molecule is CC[C@@H](C)[C@H](NC(=O)COC(=O)c1ccc(NC2CC2)c([N+](=O)[O-])c1)C(=O)OC. The second kappa shape index (κ2) is 9.85. The molecular weight excluding hydrogens is 382 g/mol. The highest BCUT2D eigenvalue weighted by Crippen LogP contribution is 2.31. The van der Waals surface area contributed by atoms with E-state index in [4.69, 9.17) is 4.74 Å². The standard InChI is InChI=1S/C19H25N3O7/c1-4-11(2)17(19(25)28-3)21-16(23)10-29-18(24)12-5-8-14(20-13-6-7-13)15(9-12)22(26)27/h5,8-9,11,13,17,20H,4,6-7,10H2,1-3H3,(H,21,23)/t11-,17+/m1/s1. The fourth-order valence-electron chi connectivity index (χ4n) is 2.61. The van der Waals surface area contributed by atoms with Gasteiger partial charge < -0.3 is 20.1 Å². The van der Waals surface area contributed by atoms with E-state index in [0.717, 1.165) is 18.9 Å². The molecule has 0 saturated heterocycles. The van der Waals surface area contributed by atoms with Crippen LogP contribution in [0.5, 0.6) is 0 Å². The number of methoxy groups -OCH3 is 1. The van der Waals surface area contributed by atoms with Crippen LogP contribution in [0.4, 0.5) is 11.4 Å². The molecule has 10 heteroatoms. The number of esters is 2. The Hall–Kier alpha value is -3.17. The van der Waals surface area contributed by atoms with Gasteiger partial charge in [0.25, 0.3) is 11.6 Å². The number of hydrogen-bond acceptors (Lipinski definition) is 8. The molecule has 2 N–H and O–H groups in total. The predicted molar refractivity (Wildman–Crippen MR) is 103 cm³/mol. The summed E-state index contributed by atoms with van der Waals surface area (Å²) in [5, 5.41) is 16.8. The first-order valence-corrected chi connectivity index (χ1v) is 9.36. The number of amides is 1. The maximum atomic E-state index is 12.2. The van der Waals surface area contributed by atoms with Crippen molar-refractivity contribution in [2.24, 2.45) is 5.92 Å². The summed E-state index contributed by atoms with van der Waals surface area (Å²) in [6, 6.07) is 3.31. The van der Waals surface area contributed by atoms with Crippen LogP contribution in [-0.4, -0.2) is 48.6 Å². The first-order valence-electron chi connectivity index (χ1n) is 9.36. The molecule has 0 aliphatic heterocycles. The molecule has 0 bridgehead atoms. The molecule has 0 spiro atoms. The summed E-state index contributed by atoms with van der Waals surface area (Å²) in [5.41, 5.74) is 0.0527. The van der Waals surface area contributed by atoms with Crippen molar-refractivity contribution in [3.8, 4) is 0 Å². The number of carbonyl (C=O) groups is 3. The molecule has 1 fully saturated rings.